The van der Waals surface area contributed by atoms with Crippen molar-refractivity contribution in [3.63, 3.8) is 0 Å². The second-order valence-corrected chi connectivity index (χ2v) is 8.21. The van der Waals surface area contributed by atoms with E-state index in [1.807, 2.05) is 19.1 Å². The lowest BCUT2D eigenvalue weighted by Crippen LogP contribution is -2.31. The maximum Gasteiger partial charge on any atom is 0.261 e. The summed E-state index contributed by atoms with van der Waals surface area (Å²) in [7, 11) is 2.16. The average molecular weight is 400 g/mol. The number of rotatable bonds is 7. The minimum absolute atomic E-state index is 0.0295. The van der Waals surface area contributed by atoms with Gasteiger partial charge in [-0.2, -0.15) is 0 Å². The molecule has 0 spiro atoms. The van der Waals surface area contributed by atoms with E-state index in [9.17, 15) is 4.79 Å². The van der Waals surface area contributed by atoms with E-state index >= 15 is 0 Å². The Bertz CT molecular complexity index is 953. The molecule has 1 atom stereocenters. The van der Waals surface area contributed by atoms with Gasteiger partial charge in [-0.25, -0.2) is 9.97 Å². The third kappa shape index (κ3) is 3.88. The molecule has 1 fully saturated rings. The molecule has 1 amide bonds. The summed E-state index contributed by atoms with van der Waals surface area (Å²) < 4.78 is 5.36. The fourth-order valence-corrected chi connectivity index (χ4v) is 4.85. The fourth-order valence-electron chi connectivity index (χ4n) is 3.78. The van der Waals surface area contributed by atoms with Crippen LogP contribution in [-0.4, -0.2) is 47.0 Å². The molecular formula is C20H25N5O2S. The smallest absolute Gasteiger partial charge is 0.261 e. The Kier molecular flexibility index (Phi) is 5.59. The Morgan fingerprint density at radius 1 is 1.43 bits per heavy atom. The summed E-state index contributed by atoms with van der Waals surface area (Å²) in [5.74, 6) is 1.52. The number of likely N-dealkylation sites (tertiary alicyclic amines) is 1. The molecule has 148 valence electrons. The molecule has 0 aliphatic carbocycles. The second-order valence-electron chi connectivity index (χ2n) is 7.21. The lowest BCUT2D eigenvalue weighted by atomic mass is 10.1. The molecule has 28 heavy (non-hydrogen) atoms. The number of nitrogens with one attached hydrogen (secondary N) is 2. The summed E-state index contributed by atoms with van der Waals surface area (Å²) in [6, 6.07) is 4.34. The first-order chi connectivity index (χ1) is 13.6. The number of aryl methyl sites for hydroxylation is 1. The molecule has 1 aliphatic rings. The number of thiophene rings is 1. The highest BCUT2D eigenvalue weighted by Gasteiger charge is 2.22. The summed E-state index contributed by atoms with van der Waals surface area (Å²) in [6.45, 7) is 4.34. The standard InChI is InChI=1S/C20H25N5O2S/c1-13-16-18(22-11-15-6-4-10-27-15)23-12-24-20(16)28-17(13)19(26)21-8-7-14-5-3-9-25(14)2/h4,6,10,12,14H,3,5,7-9,11H2,1-2H3,(H,21,26)(H,22,23,24)/t14-/m0/s1. The van der Waals surface area contributed by atoms with Crippen LogP contribution >= 0.6 is 11.3 Å². The van der Waals surface area contributed by atoms with Gasteiger partial charge in [-0.05, 0) is 57.5 Å². The maximum absolute atomic E-state index is 12.7. The van der Waals surface area contributed by atoms with E-state index in [2.05, 4.69) is 32.5 Å². The molecule has 8 heteroatoms. The number of carbonyl (C=O) groups is 1. The van der Waals surface area contributed by atoms with E-state index in [0.29, 0.717) is 24.0 Å². The van der Waals surface area contributed by atoms with Crippen molar-refractivity contribution in [2.75, 3.05) is 25.5 Å². The molecule has 1 aliphatic heterocycles. The molecule has 4 heterocycles. The molecule has 0 bridgehead atoms. The van der Waals surface area contributed by atoms with Crippen LogP contribution in [0.3, 0.4) is 0 Å². The molecular weight excluding hydrogens is 374 g/mol. The molecule has 3 aromatic rings. The number of anilines is 1. The van der Waals surface area contributed by atoms with Crippen LogP contribution in [0.25, 0.3) is 10.2 Å². The van der Waals surface area contributed by atoms with Gasteiger partial charge in [0.15, 0.2) is 0 Å². The van der Waals surface area contributed by atoms with Gasteiger partial charge in [0.2, 0.25) is 0 Å². The monoisotopic (exact) mass is 399 g/mol. The van der Waals surface area contributed by atoms with Gasteiger partial charge >= 0.3 is 0 Å². The van der Waals surface area contributed by atoms with Gasteiger partial charge in [0.05, 0.1) is 23.1 Å². The quantitative estimate of drug-likeness (QED) is 0.633. The van der Waals surface area contributed by atoms with E-state index in [0.717, 1.165) is 40.3 Å². The number of aromatic nitrogens is 2. The van der Waals surface area contributed by atoms with E-state index in [4.69, 9.17) is 4.42 Å². The molecule has 3 aromatic heterocycles. The van der Waals surface area contributed by atoms with Crippen LogP contribution in [-0.2, 0) is 6.54 Å². The minimum Gasteiger partial charge on any atom is -0.467 e. The summed E-state index contributed by atoms with van der Waals surface area (Å²) in [4.78, 5) is 25.4. The summed E-state index contributed by atoms with van der Waals surface area (Å²) >= 11 is 1.42. The molecule has 1 saturated heterocycles. The van der Waals surface area contributed by atoms with E-state index in [-0.39, 0.29) is 5.91 Å². The normalized spacial score (nSPS) is 17.3. The number of nitrogens with zero attached hydrogens (tertiary/aromatic N) is 3. The summed E-state index contributed by atoms with van der Waals surface area (Å²) in [5, 5.41) is 7.28. The highest BCUT2D eigenvalue weighted by molar-refractivity contribution is 7.20. The summed E-state index contributed by atoms with van der Waals surface area (Å²) in [5.41, 5.74) is 0.915. The van der Waals surface area contributed by atoms with Crippen molar-refractivity contribution >= 4 is 33.3 Å². The van der Waals surface area contributed by atoms with Crippen LogP contribution in [0.5, 0.6) is 0 Å². The fraction of sp³-hybridized carbons (Fsp3) is 0.450. The maximum atomic E-state index is 12.7. The average Bonchev–Trinajstić information content (AvgIpc) is 3.42. The van der Waals surface area contributed by atoms with E-state index in [1.165, 1.54) is 30.5 Å². The Labute approximate surface area is 168 Å². The molecule has 7 nitrogen and oxygen atoms in total. The first kappa shape index (κ1) is 18.9. The van der Waals surface area contributed by atoms with Crippen molar-refractivity contribution in [1.29, 1.82) is 0 Å². The third-order valence-electron chi connectivity index (χ3n) is 5.38. The first-order valence-corrected chi connectivity index (χ1v) is 10.4. The summed E-state index contributed by atoms with van der Waals surface area (Å²) in [6.07, 6.45) is 6.63. The van der Waals surface area contributed by atoms with Gasteiger partial charge in [0.25, 0.3) is 5.91 Å². The van der Waals surface area contributed by atoms with Crippen molar-refractivity contribution in [1.82, 2.24) is 20.2 Å². The Hall–Kier alpha value is -2.45. The van der Waals surface area contributed by atoms with Crippen molar-refractivity contribution in [2.24, 2.45) is 0 Å². The highest BCUT2D eigenvalue weighted by Crippen LogP contribution is 2.33. The van der Waals surface area contributed by atoms with E-state index in [1.54, 1.807) is 6.26 Å². The van der Waals surface area contributed by atoms with E-state index < -0.39 is 0 Å². The zero-order chi connectivity index (χ0) is 19.5. The number of fused-ring (bicyclic) bond motifs is 1. The van der Waals surface area contributed by atoms with Crippen LogP contribution in [0, 0.1) is 6.92 Å². The Morgan fingerprint density at radius 3 is 3.07 bits per heavy atom. The Morgan fingerprint density at radius 2 is 2.32 bits per heavy atom. The molecule has 0 aromatic carbocycles. The van der Waals surface area contributed by atoms with Crippen LogP contribution in [0.4, 0.5) is 5.82 Å². The molecule has 0 radical (unpaired) electrons. The zero-order valence-corrected chi connectivity index (χ0v) is 17.0. The van der Waals surface area contributed by atoms with Crippen LogP contribution in [0.1, 0.15) is 40.3 Å². The molecule has 2 N–H and O–H groups in total. The second kappa shape index (κ2) is 8.28. The van der Waals surface area contributed by atoms with Crippen LogP contribution in [0.15, 0.2) is 29.1 Å². The lowest BCUT2D eigenvalue weighted by Gasteiger charge is -2.19. The number of furan rings is 1. The van der Waals surface area contributed by atoms with Crippen LogP contribution < -0.4 is 10.6 Å². The zero-order valence-electron chi connectivity index (χ0n) is 16.2. The van der Waals surface area contributed by atoms with Gasteiger partial charge in [-0.15, -0.1) is 11.3 Å². The number of amides is 1. The van der Waals surface area contributed by atoms with Gasteiger partial charge in [-0.3, -0.25) is 4.79 Å². The lowest BCUT2D eigenvalue weighted by molar-refractivity contribution is 0.0954. The van der Waals surface area contributed by atoms with Gasteiger partial charge in [-0.1, -0.05) is 0 Å². The highest BCUT2D eigenvalue weighted by atomic mass is 32.1. The molecule has 4 rings (SSSR count). The number of carbonyl (C=O) groups excluding carboxylic acids is 1. The molecule has 0 saturated carbocycles. The topological polar surface area (TPSA) is 83.3 Å². The largest absolute Gasteiger partial charge is 0.467 e. The number of hydrogen-bond acceptors (Lipinski definition) is 7. The predicted octanol–water partition coefficient (Wildman–Crippen LogP) is 3.42. The van der Waals surface area contributed by atoms with Crippen molar-refractivity contribution in [2.45, 2.75) is 38.8 Å². The van der Waals surface area contributed by atoms with Crippen molar-refractivity contribution in [3.8, 4) is 0 Å². The van der Waals surface area contributed by atoms with Gasteiger partial charge in [0, 0.05) is 12.6 Å². The van der Waals surface area contributed by atoms with Crippen molar-refractivity contribution in [3.05, 3.63) is 40.9 Å². The minimum atomic E-state index is -0.0295. The Balaban J connectivity index is 1.46. The van der Waals surface area contributed by atoms with Gasteiger partial charge < -0.3 is 20.0 Å². The van der Waals surface area contributed by atoms with Crippen LogP contribution in [0.2, 0.25) is 0 Å². The molecule has 0 unspecified atom stereocenters. The number of hydrogen-bond donors (Lipinski definition) is 2. The predicted molar refractivity (Wildman–Crippen MR) is 111 cm³/mol. The van der Waals surface area contributed by atoms with Gasteiger partial charge in [0.1, 0.15) is 22.7 Å². The van der Waals surface area contributed by atoms with Crippen molar-refractivity contribution < 1.29 is 9.21 Å². The SMILES string of the molecule is Cc1c(C(=O)NCC[C@@H]2CCCN2C)sc2ncnc(NCc3ccco3)c12. The first-order valence-electron chi connectivity index (χ1n) is 9.62. The third-order valence-corrected chi connectivity index (χ3v) is 6.58.